The van der Waals surface area contributed by atoms with Crippen LogP contribution < -0.4 is 10.1 Å². The third kappa shape index (κ3) is 5.92. The second-order valence-electron chi connectivity index (χ2n) is 5.50. The molecule has 1 aromatic heterocycles. The van der Waals surface area contributed by atoms with Gasteiger partial charge in [-0.2, -0.15) is 11.8 Å². The van der Waals surface area contributed by atoms with Crippen LogP contribution in [0.4, 0.5) is 0 Å². The summed E-state index contributed by atoms with van der Waals surface area (Å²) >= 11 is 3.60. The number of carbonyl (C=O) groups excluding carboxylic acids is 1. The van der Waals surface area contributed by atoms with Crippen LogP contribution in [0.5, 0.6) is 5.75 Å². The fourth-order valence-electron chi connectivity index (χ4n) is 2.41. The summed E-state index contributed by atoms with van der Waals surface area (Å²) in [6.07, 6.45) is 0. The van der Waals surface area contributed by atoms with Gasteiger partial charge in [0.2, 0.25) is 0 Å². The average molecular weight is 350 g/mol. The zero-order valence-corrected chi connectivity index (χ0v) is 15.5. The number of aryl methyl sites for hydroxylation is 3. The van der Waals surface area contributed by atoms with E-state index in [0.717, 1.165) is 28.4 Å². The van der Waals surface area contributed by atoms with Gasteiger partial charge in [-0.05, 0) is 43.3 Å². The van der Waals surface area contributed by atoms with E-state index in [1.807, 2.05) is 25.6 Å². The number of nitrogens with one attached hydrogen (secondary N) is 1. The molecule has 23 heavy (non-hydrogen) atoms. The minimum Gasteiger partial charge on any atom is -0.483 e. The van der Waals surface area contributed by atoms with E-state index in [0.29, 0.717) is 6.54 Å². The lowest BCUT2D eigenvalue weighted by atomic mass is 10.1. The topological polar surface area (TPSA) is 38.3 Å². The first-order valence-corrected chi connectivity index (χ1v) is 9.67. The summed E-state index contributed by atoms with van der Waals surface area (Å²) in [6.45, 7) is 6.82. The molecule has 0 atom stereocenters. The van der Waals surface area contributed by atoms with Gasteiger partial charge < -0.3 is 10.1 Å². The smallest absolute Gasteiger partial charge is 0.257 e. The number of hydrogen-bond acceptors (Lipinski definition) is 4. The third-order valence-corrected chi connectivity index (χ3v) is 5.41. The average Bonchev–Trinajstić information content (AvgIpc) is 2.99. The predicted octanol–water partition coefficient (Wildman–Crippen LogP) is 4.10. The van der Waals surface area contributed by atoms with Gasteiger partial charge in [0, 0.05) is 22.9 Å². The highest BCUT2D eigenvalue weighted by molar-refractivity contribution is 7.98. The van der Waals surface area contributed by atoms with Crippen molar-refractivity contribution in [3.05, 3.63) is 51.2 Å². The van der Waals surface area contributed by atoms with Crippen molar-refractivity contribution in [1.29, 1.82) is 0 Å². The van der Waals surface area contributed by atoms with Gasteiger partial charge in [-0.15, -0.1) is 11.3 Å². The molecule has 0 bridgehead atoms. The SMILES string of the molecule is Cc1cc(C)c(OCC(=O)NCCSCc2cccs2)c(C)c1. The van der Waals surface area contributed by atoms with Gasteiger partial charge in [0.05, 0.1) is 0 Å². The van der Waals surface area contributed by atoms with Gasteiger partial charge in [0.25, 0.3) is 5.91 Å². The van der Waals surface area contributed by atoms with Crippen molar-refractivity contribution in [1.82, 2.24) is 5.32 Å². The van der Waals surface area contributed by atoms with Crippen molar-refractivity contribution in [2.75, 3.05) is 18.9 Å². The minimum atomic E-state index is -0.0684. The second kappa shape index (κ2) is 8.99. The third-order valence-electron chi connectivity index (χ3n) is 3.35. The van der Waals surface area contributed by atoms with Gasteiger partial charge in [-0.1, -0.05) is 23.8 Å². The normalized spacial score (nSPS) is 10.6. The summed E-state index contributed by atoms with van der Waals surface area (Å²) in [6, 6.07) is 8.34. The summed E-state index contributed by atoms with van der Waals surface area (Å²) in [5, 5.41) is 4.99. The van der Waals surface area contributed by atoms with Crippen LogP contribution in [0.15, 0.2) is 29.6 Å². The molecule has 3 nitrogen and oxygen atoms in total. The number of rotatable bonds is 8. The summed E-state index contributed by atoms with van der Waals surface area (Å²) in [5.74, 6) is 2.66. The van der Waals surface area contributed by atoms with Crippen molar-refractivity contribution in [3.8, 4) is 5.75 Å². The second-order valence-corrected chi connectivity index (χ2v) is 7.64. The maximum atomic E-state index is 11.9. The van der Waals surface area contributed by atoms with E-state index in [1.54, 1.807) is 11.3 Å². The van der Waals surface area contributed by atoms with Crippen molar-refractivity contribution in [2.24, 2.45) is 0 Å². The molecule has 0 unspecified atom stereocenters. The van der Waals surface area contributed by atoms with Crippen molar-refractivity contribution in [2.45, 2.75) is 26.5 Å². The quantitative estimate of drug-likeness (QED) is 0.729. The molecule has 5 heteroatoms. The summed E-state index contributed by atoms with van der Waals surface area (Å²) < 4.78 is 5.68. The van der Waals surface area contributed by atoms with Gasteiger partial charge in [-0.25, -0.2) is 0 Å². The first-order valence-electron chi connectivity index (χ1n) is 7.63. The van der Waals surface area contributed by atoms with Crippen LogP contribution in [0.25, 0.3) is 0 Å². The predicted molar refractivity (Wildman–Crippen MR) is 99.6 cm³/mol. The Balaban J connectivity index is 1.65. The fraction of sp³-hybridized carbons (Fsp3) is 0.389. The van der Waals surface area contributed by atoms with Gasteiger partial charge in [-0.3, -0.25) is 4.79 Å². The van der Waals surface area contributed by atoms with Crippen LogP contribution in [0, 0.1) is 20.8 Å². The molecule has 0 aliphatic carbocycles. The van der Waals surface area contributed by atoms with Crippen LogP contribution in [0.3, 0.4) is 0 Å². The molecule has 0 saturated heterocycles. The Morgan fingerprint density at radius 2 is 2.00 bits per heavy atom. The maximum Gasteiger partial charge on any atom is 0.257 e. The molecule has 0 radical (unpaired) electrons. The molecule has 124 valence electrons. The molecule has 1 N–H and O–H groups in total. The highest BCUT2D eigenvalue weighted by Gasteiger charge is 2.08. The van der Waals surface area contributed by atoms with E-state index in [1.165, 1.54) is 10.4 Å². The molecule has 0 spiro atoms. The summed E-state index contributed by atoms with van der Waals surface area (Å²) in [7, 11) is 0. The van der Waals surface area contributed by atoms with E-state index >= 15 is 0 Å². The van der Waals surface area contributed by atoms with Crippen LogP contribution in [-0.2, 0) is 10.5 Å². The van der Waals surface area contributed by atoms with Crippen molar-refractivity contribution >= 4 is 29.0 Å². The molecule has 1 amide bonds. The van der Waals surface area contributed by atoms with Gasteiger partial charge in [0.15, 0.2) is 6.61 Å². The Morgan fingerprint density at radius 1 is 1.26 bits per heavy atom. The van der Waals surface area contributed by atoms with Crippen molar-refractivity contribution in [3.63, 3.8) is 0 Å². The Labute approximate surface area is 146 Å². The van der Waals surface area contributed by atoms with E-state index < -0.39 is 0 Å². The van der Waals surface area contributed by atoms with E-state index in [9.17, 15) is 4.79 Å². The van der Waals surface area contributed by atoms with Crippen LogP contribution in [-0.4, -0.2) is 24.8 Å². The van der Waals surface area contributed by atoms with E-state index in [4.69, 9.17) is 4.74 Å². The highest BCUT2D eigenvalue weighted by atomic mass is 32.2. The number of benzene rings is 1. The zero-order chi connectivity index (χ0) is 16.7. The largest absolute Gasteiger partial charge is 0.483 e. The highest BCUT2D eigenvalue weighted by Crippen LogP contribution is 2.24. The van der Waals surface area contributed by atoms with E-state index in [2.05, 4.69) is 41.9 Å². The Hall–Kier alpha value is -1.46. The minimum absolute atomic E-state index is 0.0684. The number of thioether (sulfide) groups is 1. The molecule has 0 aliphatic heterocycles. The number of amides is 1. The standard InChI is InChI=1S/C18H23NO2S2/c1-13-9-14(2)18(15(3)10-13)21-11-17(20)19-6-8-22-12-16-5-4-7-23-16/h4-5,7,9-10H,6,8,11-12H2,1-3H3,(H,19,20). The Morgan fingerprint density at radius 3 is 2.65 bits per heavy atom. The lowest BCUT2D eigenvalue weighted by molar-refractivity contribution is -0.122. The molecule has 2 aromatic rings. The number of ether oxygens (including phenoxy) is 1. The number of thiophene rings is 1. The number of carbonyl (C=O) groups is 1. The number of hydrogen-bond donors (Lipinski definition) is 1. The van der Waals surface area contributed by atoms with Crippen LogP contribution in [0.2, 0.25) is 0 Å². The first-order chi connectivity index (χ1) is 11.1. The van der Waals surface area contributed by atoms with Crippen LogP contribution >= 0.6 is 23.1 Å². The maximum absolute atomic E-state index is 11.9. The van der Waals surface area contributed by atoms with Gasteiger partial charge in [0.1, 0.15) is 5.75 Å². The monoisotopic (exact) mass is 349 g/mol. The Kier molecular flexibility index (Phi) is 6.99. The van der Waals surface area contributed by atoms with Gasteiger partial charge >= 0.3 is 0 Å². The lowest BCUT2D eigenvalue weighted by Crippen LogP contribution is -2.30. The lowest BCUT2D eigenvalue weighted by Gasteiger charge is -2.13. The Bertz CT molecular complexity index is 615. The first kappa shape index (κ1) is 17.9. The molecule has 2 rings (SSSR count). The fourth-order valence-corrected chi connectivity index (χ4v) is 4.11. The molecule has 0 fully saturated rings. The summed E-state index contributed by atoms with van der Waals surface area (Å²) in [4.78, 5) is 13.2. The molecule has 0 aliphatic rings. The van der Waals surface area contributed by atoms with E-state index in [-0.39, 0.29) is 12.5 Å². The molecule has 1 aromatic carbocycles. The summed E-state index contributed by atoms with van der Waals surface area (Å²) in [5.41, 5.74) is 3.35. The molecular weight excluding hydrogens is 326 g/mol. The van der Waals surface area contributed by atoms with Crippen LogP contribution in [0.1, 0.15) is 21.6 Å². The molecular formula is C18H23NO2S2. The zero-order valence-electron chi connectivity index (χ0n) is 13.8. The molecule has 1 heterocycles. The van der Waals surface area contributed by atoms with Crippen molar-refractivity contribution < 1.29 is 9.53 Å². The molecule has 0 saturated carbocycles.